The number of amides is 1. The van der Waals surface area contributed by atoms with Gasteiger partial charge in [-0.05, 0) is 36.5 Å². The monoisotopic (exact) mass is 591 g/mol. The molecule has 1 aliphatic heterocycles. The van der Waals surface area contributed by atoms with E-state index in [2.05, 4.69) is 5.32 Å². The number of ether oxygens (including phenoxy) is 1. The van der Waals surface area contributed by atoms with Gasteiger partial charge in [-0.2, -0.15) is 0 Å². The minimum Gasteiger partial charge on any atom is -0.482 e. The fourth-order valence-corrected chi connectivity index (χ4v) is 5.26. The number of hydrogen-bond acceptors (Lipinski definition) is 5. The second kappa shape index (κ2) is 12.4. The first-order chi connectivity index (χ1) is 20.7. The third-order valence-corrected chi connectivity index (χ3v) is 7.40. The highest BCUT2D eigenvalue weighted by Gasteiger charge is 2.31. The molecule has 2 N–H and O–H groups in total. The molecule has 0 saturated heterocycles. The van der Waals surface area contributed by atoms with E-state index in [1.165, 1.54) is 4.57 Å². The summed E-state index contributed by atoms with van der Waals surface area (Å²) < 4.78 is 49.9. The molecule has 0 fully saturated rings. The molecule has 5 rings (SSSR count). The lowest BCUT2D eigenvalue weighted by atomic mass is 9.99. The Hall–Kier alpha value is -5.06. The second-order valence-corrected chi connectivity index (χ2v) is 10.2. The van der Waals surface area contributed by atoms with Gasteiger partial charge in [-0.15, -0.1) is 0 Å². The number of pyridine rings is 1. The van der Waals surface area contributed by atoms with Crippen LogP contribution < -0.4 is 20.4 Å². The van der Waals surface area contributed by atoms with Gasteiger partial charge in [-0.1, -0.05) is 48.5 Å². The Bertz CT molecular complexity index is 1720. The summed E-state index contributed by atoms with van der Waals surface area (Å²) in [6.07, 6.45) is 2.95. The molecule has 8 nitrogen and oxygen atoms in total. The molecule has 0 bridgehead atoms. The lowest BCUT2D eigenvalue weighted by molar-refractivity contribution is 0.0673. The van der Waals surface area contributed by atoms with Crippen molar-refractivity contribution in [3.05, 3.63) is 123 Å². The van der Waals surface area contributed by atoms with Crippen LogP contribution in [0.3, 0.4) is 0 Å². The number of carbonyl (C=O) groups excluding carboxylic acids is 1. The van der Waals surface area contributed by atoms with E-state index in [0.29, 0.717) is 41.9 Å². The largest absolute Gasteiger partial charge is 0.482 e. The number of anilines is 2. The van der Waals surface area contributed by atoms with Crippen molar-refractivity contribution in [2.75, 3.05) is 23.8 Å². The maximum absolute atomic E-state index is 14.6. The minimum absolute atomic E-state index is 0.179. The number of para-hydroxylation sites is 1. The van der Waals surface area contributed by atoms with Crippen molar-refractivity contribution in [1.82, 2.24) is 4.57 Å². The van der Waals surface area contributed by atoms with E-state index in [-0.39, 0.29) is 13.2 Å². The lowest BCUT2D eigenvalue weighted by Crippen LogP contribution is -2.36. The van der Waals surface area contributed by atoms with Gasteiger partial charge in [0, 0.05) is 37.6 Å². The van der Waals surface area contributed by atoms with E-state index >= 15 is 0 Å². The third kappa shape index (κ3) is 6.11. The molecule has 0 saturated carbocycles. The van der Waals surface area contributed by atoms with Gasteiger partial charge in [-0.3, -0.25) is 9.59 Å². The van der Waals surface area contributed by atoms with Crippen LogP contribution in [0.25, 0.3) is 0 Å². The number of hydrogen-bond donors (Lipinski definition) is 2. The zero-order valence-electron chi connectivity index (χ0n) is 23.1. The van der Waals surface area contributed by atoms with Gasteiger partial charge in [-0.25, -0.2) is 18.0 Å². The molecule has 0 radical (unpaired) electrons. The molecule has 11 heteroatoms. The van der Waals surface area contributed by atoms with Crippen LogP contribution >= 0.6 is 0 Å². The molecule has 0 unspecified atom stereocenters. The number of halogens is 3. The lowest BCUT2D eigenvalue weighted by Gasteiger charge is -2.28. The van der Waals surface area contributed by atoms with Crippen LogP contribution in [0.15, 0.2) is 77.7 Å². The number of carboxylic acids is 1. The summed E-state index contributed by atoms with van der Waals surface area (Å²) in [6.45, 7) is 0.0737. The van der Waals surface area contributed by atoms with Crippen molar-refractivity contribution in [1.29, 1.82) is 0 Å². The Morgan fingerprint density at radius 3 is 2.42 bits per heavy atom. The maximum atomic E-state index is 14.6. The van der Waals surface area contributed by atoms with Crippen molar-refractivity contribution in [3.63, 3.8) is 0 Å². The van der Waals surface area contributed by atoms with Gasteiger partial charge in [0.2, 0.25) is 5.43 Å². The van der Waals surface area contributed by atoms with Crippen LogP contribution in [0.4, 0.5) is 24.5 Å². The Morgan fingerprint density at radius 1 is 1.05 bits per heavy atom. The minimum atomic E-state index is -1.45. The molecule has 0 aliphatic carbocycles. The highest BCUT2D eigenvalue weighted by atomic mass is 19.1. The van der Waals surface area contributed by atoms with Gasteiger partial charge >= 0.3 is 5.97 Å². The number of aromatic carboxylic acids is 1. The fourth-order valence-electron chi connectivity index (χ4n) is 5.26. The van der Waals surface area contributed by atoms with Gasteiger partial charge in [0.15, 0.2) is 23.1 Å². The van der Waals surface area contributed by atoms with Crippen LogP contribution in [-0.4, -0.2) is 35.1 Å². The SMILES string of the molecule is CN(C(=O)c1cn([C@H]2CCCc3ccccc3NC2)c(C(=O)O)c(OCc2ccccc2)c1=O)c1c(F)cc(F)cc1F. The van der Waals surface area contributed by atoms with Gasteiger partial charge in [0.05, 0.1) is 6.04 Å². The smallest absolute Gasteiger partial charge is 0.356 e. The van der Waals surface area contributed by atoms with Gasteiger partial charge in [0.25, 0.3) is 5.91 Å². The first-order valence-corrected chi connectivity index (χ1v) is 13.6. The molecule has 1 aromatic heterocycles. The summed E-state index contributed by atoms with van der Waals surface area (Å²) in [7, 11) is 1.04. The topological polar surface area (TPSA) is 101 Å². The molecule has 3 aromatic carbocycles. The highest BCUT2D eigenvalue weighted by Crippen LogP contribution is 2.30. The van der Waals surface area contributed by atoms with Crippen LogP contribution in [0, 0.1) is 17.5 Å². The average molecular weight is 592 g/mol. The first kappa shape index (κ1) is 29.4. The predicted octanol–water partition coefficient (Wildman–Crippen LogP) is 5.81. The van der Waals surface area contributed by atoms with Gasteiger partial charge < -0.3 is 24.6 Å². The molecule has 4 aromatic rings. The second-order valence-electron chi connectivity index (χ2n) is 10.2. The number of carboxylic acid groups (broad SMARTS) is 1. The quantitative estimate of drug-likeness (QED) is 0.282. The Kier molecular flexibility index (Phi) is 8.51. The van der Waals surface area contributed by atoms with Crippen LogP contribution in [0.2, 0.25) is 0 Å². The summed E-state index contributed by atoms with van der Waals surface area (Å²) in [5.41, 5.74) is -0.334. The molecule has 1 atom stereocenters. The highest BCUT2D eigenvalue weighted by molar-refractivity contribution is 6.06. The fraction of sp³-hybridized carbons (Fsp3) is 0.219. The standard InChI is InChI=1S/C32H28F3N3O5/c1-37(27-24(34)14-21(33)15-25(27)35)31(40)23-17-38(22-12-7-11-20-10-5-6-13-26(20)36-16-22)28(32(41)42)30(29(23)39)43-18-19-8-3-2-4-9-19/h2-6,8-10,13-15,17,22,36H,7,11-12,16,18H2,1H3,(H,41,42)/t22-/m0/s1. The molecule has 222 valence electrons. The summed E-state index contributed by atoms with van der Waals surface area (Å²) in [5, 5.41) is 13.6. The zero-order valence-corrected chi connectivity index (χ0v) is 23.1. The predicted molar refractivity (Wildman–Crippen MR) is 154 cm³/mol. The molecule has 43 heavy (non-hydrogen) atoms. The van der Waals surface area contributed by atoms with Crippen molar-refractivity contribution in [2.24, 2.45) is 0 Å². The number of nitrogens with zero attached hydrogens (tertiary/aromatic N) is 2. The molecular formula is C32H28F3N3O5. The van der Waals surface area contributed by atoms with Crippen molar-refractivity contribution in [3.8, 4) is 5.75 Å². The molecule has 2 heterocycles. The number of benzene rings is 3. The Balaban J connectivity index is 1.63. The Morgan fingerprint density at radius 2 is 1.72 bits per heavy atom. The average Bonchev–Trinajstić information content (AvgIpc) is 2.96. The number of aromatic nitrogens is 1. The zero-order chi connectivity index (χ0) is 30.7. The van der Waals surface area contributed by atoms with Crippen LogP contribution in [0.5, 0.6) is 5.75 Å². The van der Waals surface area contributed by atoms with Crippen molar-refractivity contribution < 1.29 is 32.6 Å². The summed E-state index contributed by atoms with van der Waals surface area (Å²) >= 11 is 0. The normalized spacial score (nSPS) is 14.6. The van der Waals surface area contributed by atoms with E-state index in [4.69, 9.17) is 4.74 Å². The van der Waals surface area contributed by atoms with Gasteiger partial charge in [0.1, 0.15) is 23.7 Å². The van der Waals surface area contributed by atoms with Crippen molar-refractivity contribution in [2.45, 2.75) is 31.9 Å². The number of nitrogens with one attached hydrogen (secondary N) is 1. The number of rotatable bonds is 7. The van der Waals surface area contributed by atoms with Crippen molar-refractivity contribution >= 4 is 23.3 Å². The maximum Gasteiger partial charge on any atom is 0.356 e. The molecule has 1 amide bonds. The number of carbonyl (C=O) groups is 2. The van der Waals surface area contributed by atoms with E-state index < -0.39 is 63.5 Å². The Labute approximate surface area is 245 Å². The number of fused-ring (bicyclic) bond motifs is 1. The van der Waals surface area contributed by atoms with E-state index in [1.807, 2.05) is 24.3 Å². The third-order valence-electron chi connectivity index (χ3n) is 7.40. The molecular weight excluding hydrogens is 563 g/mol. The summed E-state index contributed by atoms with van der Waals surface area (Å²) in [5.74, 6) is -7.04. The molecule has 1 aliphatic rings. The van der Waals surface area contributed by atoms with E-state index in [9.17, 15) is 32.7 Å². The molecule has 0 spiro atoms. The summed E-state index contributed by atoms with van der Waals surface area (Å²) in [4.78, 5) is 40.6. The van der Waals surface area contributed by atoms with Crippen LogP contribution in [-0.2, 0) is 13.0 Å². The number of aryl methyl sites for hydroxylation is 1. The van der Waals surface area contributed by atoms with E-state index in [1.54, 1.807) is 30.3 Å². The van der Waals surface area contributed by atoms with Crippen LogP contribution in [0.1, 0.15) is 50.9 Å². The first-order valence-electron chi connectivity index (χ1n) is 13.6. The van der Waals surface area contributed by atoms with E-state index in [0.717, 1.165) is 24.5 Å². The summed E-state index contributed by atoms with van der Waals surface area (Å²) in [6, 6.07) is 16.7.